The van der Waals surface area contributed by atoms with E-state index in [1.165, 1.54) is 0 Å². The van der Waals surface area contributed by atoms with Crippen LogP contribution >= 0.6 is 0 Å². The topological polar surface area (TPSA) is 128 Å². The van der Waals surface area contributed by atoms with E-state index in [4.69, 9.17) is 4.74 Å². The summed E-state index contributed by atoms with van der Waals surface area (Å²) in [6.07, 6.45) is 10.0. The van der Waals surface area contributed by atoms with E-state index in [1.807, 2.05) is 12.2 Å². The number of nitrogens with one attached hydrogen (secondary N) is 1. The lowest BCUT2D eigenvalue weighted by atomic mass is 9.89. The summed E-state index contributed by atoms with van der Waals surface area (Å²) in [6.45, 7) is 2.14. The smallest absolute Gasteiger partial charge is 0.174 e. The molecule has 0 bridgehead atoms. The number of aromatic amines is 1. The molecule has 5 atom stereocenters. The van der Waals surface area contributed by atoms with E-state index in [9.17, 15) is 15.5 Å². The van der Waals surface area contributed by atoms with E-state index in [2.05, 4.69) is 33.6 Å². The summed E-state index contributed by atoms with van der Waals surface area (Å²) in [7, 11) is 0. The van der Waals surface area contributed by atoms with Crippen LogP contribution in [-0.2, 0) is 11.2 Å². The molecule has 1 saturated heterocycles. The summed E-state index contributed by atoms with van der Waals surface area (Å²) in [5.41, 5.74) is 0.666. The zero-order chi connectivity index (χ0) is 20.6. The number of aliphatic hydroxyl groups is 2. The number of hydrogen-bond acceptors (Lipinski definition) is 7. The SMILES string of the molecule is CCCCC[C@H](O)/C=C/[C@@H]1[C@H]2C/C(=C(\C#N)CCCc3nn[nH]n3)O[C@H]2C[C@H]1O. The fourth-order valence-electron chi connectivity index (χ4n) is 4.34. The van der Waals surface area contributed by atoms with Gasteiger partial charge in [0.2, 0.25) is 0 Å². The van der Waals surface area contributed by atoms with Gasteiger partial charge in [-0.05, 0) is 19.3 Å². The van der Waals surface area contributed by atoms with Gasteiger partial charge in [-0.2, -0.15) is 10.5 Å². The first-order valence-electron chi connectivity index (χ1n) is 10.7. The van der Waals surface area contributed by atoms with Gasteiger partial charge >= 0.3 is 0 Å². The zero-order valence-corrected chi connectivity index (χ0v) is 17.0. The van der Waals surface area contributed by atoms with Crippen molar-refractivity contribution < 1.29 is 14.9 Å². The molecule has 1 saturated carbocycles. The van der Waals surface area contributed by atoms with Gasteiger partial charge in [-0.15, -0.1) is 10.2 Å². The monoisotopic (exact) mass is 401 g/mol. The van der Waals surface area contributed by atoms with Gasteiger partial charge in [-0.3, -0.25) is 0 Å². The number of allylic oxidation sites excluding steroid dienone is 2. The number of fused-ring (bicyclic) bond motifs is 1. The molecular weight excluding hydrogens is 370 g/mol. The van der Waals surface area contributed by atoms with Gasteiger partial charge in [0.25, 0.3) is 0 Å². The minimum Gasteiger partial charge on any atom is -0.493 e. The van der Waals surface area contributed by atoms with Gasteiger partial charge in [0.15, 0.2) is 5.82 Å². The molecule has 0 spiro atoms. The Morgan fingerprint density at radius 3 is 3.00 bits per heavy atom. The molecule has 8 nitrogen and oxygen atoms in total. The fraction of sp³-hybridized carbons (Fsp3) is 0.714. The number of ether oxygens (including phenoxy) is 1. The van der Waals surface area contributed by atoms with Crippen LogP contribution in [0.4, 0.5) is 0 Å². The quantitative estimate of drug-likeness (QED) is 0.312. The average molecular weight is 402 g/mol. The number of nitrogens with zero attached hydrogens (tertiary/aromatic N) is 4. The third-order valence-electron chi connectivity index (χ3n) is 5.95. The molecule has 2 aliphatic rings. The van der Waals surface area contributed by atoms with E-state index in [0.717, 1.165) is 37.9 Å². The second-order valence-electron chi connectivity index (χ2n) is 8.05. The first-order chi connectivity index (χ1) is 14.1. The van der Waals surface area contributed by atoms with E-state index in [-0.39, 0.29) is 17.9 Å². The van der Waals surface area contributed by atoms with Crippen molar-refractivity contribution in [2.45, 2.75) is 83.0 Å². The van der Waals surface area contributed by atoms with Crippen molar-refractivity contribution in [1.29, 1.82) is 5.26 Å². The third-order valence-corrected chi connectivity index (χ3v) is 5.95. The van der Waals surface area contributed by atoms with Crippen molar-refractivity contribution >= 4 is 0 Å². The van der Waals surface area contributed by atoms with Crippen molar-refractivity contribution in [1.82, 2.24) is 20.6 Å². The lowest BCUT2D eigenvalue weighted by Gasteiger charge is -2.16. The number of H-pyrrole nitrogens is 1. The summed E-state index contributed by atoms with van der Waals surface area (Å²) in [6, 6.07) is 2.29. The molecule has 1 aromatic heterocycles. The Bertz CT molecular complexity index is 740. The van der Waals surface area contributed by atoms with E-state index in [1.54, 1.807) is 0 Å². The molecule has 1 aromatic rings. The number of tetrazole rings is 1. The Labute approximate surface area is 171 Å². The molecule has 158 valence electrons. The van der Waals surface area contributed by atoms with Gasteiger partial charge < -0.3 is 14.9 Å². The maximum Gasteiger partial charge on any atom is 0.174 e. The highest BCUT2D eigenvalue weighted by molar-refractivity contribution is 5.28. The maximum absolute atomic E-state index is 10.4. The number of aromatic nitrogens is 4. The molecular formula is C21H31N5O3. The summed E-state index contributed by atoms with van der Waals surface area (Å²) >= 11 is 0. The van der Waals surface area contributed by atoms with E-state index >= 15 is 0 Å². The van der Waals surface area contributed by atoms with Crippen LogP contribution in [0, 0.1) is 23.2 Å². The van der Waals surface area contributed by atoms with Crippen LogP contribution in [0.15, 0.2) is 23.5 Å². The first-order valence-corrected chi connectivity index (χ1v) is 10.7. The third kappa shape index (κ3) is 5.64. The second-order valence-corrected chi connectivity index (χ2v) is 8.05. The van der Waals surface area contributed by atoms with Crippen LogP contribution < -0.4 is 0 Å². The molecule has 0 aromatic carbocycles. The van der Waals surface area contributed by atoms with Crippen molar-refractivity contribution in [2.75, 3.05) is 0 Å². The lowest BCUT2D eigenvalue weighted by Crippen LogP contribution is -2.18. The molecule has 2 fully saturated rings. The molecule has 1 aliphatic heterocycles. The highest BCUT2D eigenvalue weighted by Gasteiger charge is 2.47. The normalized spacial score (nSPS) is 28.9. The number of nitriles is 1. The van der Waals surface area contributed by atoms with E-state index < -0.39 is 12.2 Å². The first kappa shape index (κ1) is 21.5. The standard InChI is InChI=1S/C21H31N5O3/c1-2-3-4-7-15(27)9-10-16-17-11-19(29-20(17)12-18(16)28)14(13-22)6-5-8-21-23-25-26-24-21/h9-10,15-18,20,27-28H,2-8,11-12H2,1H3,(H,23,24,25,26)/b10-9+,19-14+/t15-,16+,17+,18+,20-/m0/s1. The van der Waals surface area contributed by atoms with Gasteiger partial charge in [0, 0.05) is 31.1 Å². The molecule has 29 heavy (non-hydrogen) atoms. The van der Waals surface area contributed by atoms with Crippen molar-refractivity contribution in [3.63, 3.8) is 0 Å². The molecule has 3 rings (SSSR count). The molecule has 2 heterocycles. The van der Waals surface area contributed by atoms with Crippen molar-refractivity contribution in [2.24, 2.45) is 11.8 Å². The van der Waals surface area contributed by atoms with Gasteiger partial charge in [0.1, 0.15) is 11.9 Å². The summed E-state index contributed by atoms with van der Waals surface area (Å²) in [5.74, 6) is 1.50. The Kier molecular flexibility index (Phi) is 7.78. The largest absolute Gasteiger partial charge is 0.493 e. The zero-order valence-electron chi connectivity index (χ0n) is 17.0. The number of rotatable bonds is 10. The van der Waals surface area contributed by atoms with Gasteiger partial charge in [-0.25, -0.2) is 0 Å². The molecule has 3 N–H and O–H groups in total. The molecule has 8 heteroatoms. The highest BCUT2D eigenvalue weighted by atomic mass is 16.5. The van der Waals surface area contributed by atoms with Crippen molar-refractivity contribution in [3.05, 3.63) is 29.3 Å². The number of unbranched alkanes of at least 4 members (excludes halogenated alkanes) is 2. The summed E-state index contributed by atoms with van der Waals surface area (Å²) in [5, 5.41) is 44.0. The molecule has 0 radical (unpaired) electrons. The van der Waals surface area contributed by atoms with Crippen LogP contribution in [0.5, 0.6) is 0 Å². The predicted molar refractivity (Wildman–Crippen MR) is 106 cm³/mol. The predicted octanol–water partition coefficient (Wildman–Crippen LogP) is 2.58. The fourth-order valence-corrected chi connectivity index (χ4v) is 4.34. The Balaban J connectivity index is 1.56. The number of aliphatic hydroxyl groups excluding tert-OH is 2. The van der Waals surface area contributed by atoms with Crippen LogP contribution in [0.25, 0.3) is 0 Å². The van der Waals surface area contributed by atoms with Gasteiger partial charge in [-0.1, -0.05) is 43.6 Å². The van der Waals surface area contributed by atoms with Crippen LogP contribution in [0.3, 0.4) is 0 Å². The minimum atomic E-state index is -0.468. The summed E-state index contributed by atoms with van der Waals surface area (Å²) in [4.78, 5) is 0. The minimum absolute atomic E-state index is 0.0439. The van der Waals surface area contributed by atoms with E-state index in [0.29, 0.717) is 37.1 Å². The Morgan fingerprint density at radius 2 is 2.28 bits per heavy atom. The van der Waals surface area contributed by atoms with Crippen molar-refractivity contribution in [3.8, 4) is 6.07 Å². The lowest BCUT2D eigenvalue weighted by molar-refractivity contribution is 0.111. The molecule has 0 amide bonds. The van der Waals surface area contributed by atoms with Crippen LogP contribution in [-0.4, -0.2) is 49.1 Å². The highest BCUT2D eigenvalue weighted by Crippen LogP contribution is 2.46. The molecule has 1 aliphatic carbocycles. The van der Waals surface area contributed by atoms with Gasteiger partial charge in [0.05, 0.1) is 23.9 Å². The number of hydrogen-bond donors (Lipinski definition) is 3. The molecule has 0 unspecified atom stereocenters. The average Bonchev–Trinajstić information content (AvgIpc) is 3.41. The Morgan fingerprint density at radius 1 is 1.41 bits per heavy atom. The summed E-state index contributed by atoms with van der Waals surface area (Å²) < 4.78 is 6.06. The maximum atomic E-state index is 10.4. The van der Waals surface area contributed by atoms with Crippen LogP contribution in [0.2, 0.25) is 0 Å². The second kappa shape index (κ2) is 10.5. The number of aryl methyl sites for hydroxylation is 1. The Hall–Kier alpha value is -2.24. The van der Waals surface area contributed by atoms with Crippen LogP contribution in [0.1, 0.15) is 64.1 Å².